The van der Waals surface area contributed by atoms with Crippen molar-refractivity contribution in [2.75, 3.05) is 32.0 Å². The molecule has 0 saturated carbocycles. The van der Waals surface area contributed by atoms with Crippen LogP contribution < -0.4 is 5.32 Å². The summed E-state index contributed by atoms with van der Waals surface area (Å²) in [5.41, 5.74) is 2.10. The molecule has 0 radical (unpaired) electrons. The Balaban J connectivity index is 2.60. The zero-order valence-corrected chi connectivity index (χ0v) is 13.5. The number of likely N-dealkylation sites (N-methyl/N-ethyl adjacent to an activating group) is 2. The second-order valence-electron chi connectivity index (χ2n) is 4.67. The quantitative estimate of drug-likeness (QED) is 0.846. The molecule has 0 saturated heterocycles. The summed E-state index contributed by atoms with van der Waals surface area (Å²) < 4.78 is 0. The van der Waals surface area contributed by atoms with Gasteiger partial charge in [0.2, 0.25) is 5.91 Å². The second-order valence-corrected chi connectivity index (χ2v) is 5.05. The van der Waals surface area contributed by atoms with Gasteiger partial charge in [-0.1, -0.05) is 18.2 Å². The number of nitrogens with one attached hydrogen (secondary N) is 1. The molecule has 0 aliphatic rings. The molecule has 0 unspecified atom stereocenters. The molecule has 0 aromatic heterocycles. The first-order chi connectivity index (χ1) is 9.49. The zero-order valence-electron chi connectivity index (χ0n) is 12.6. The van der Waals surface area contributed by atoms with Crippen molar-refractivity contribution in [3.63, 3.8) is 0 Å². The van der Waals surface area contributed by atoms with Crippen molar-refractivity contribution in [1.82, 2.24) is 9.80 Å². The number of carbonyl (C=O) groups is 1. The molecule has 0 bridgehead atoms. The molecular weight excluding hydrogens is 270 g/mol. The van der Waals surface area contributed by atoms with E-state index in [9.17, 15) is 4.79 Å². The molecule has 110 valence electrons. The smallest absolute Gasteiger partial charge is 0.242 e. The van der Waals surface area contributed by atoms with Crippen molar-refractivity contribution in [1.29, 1.82) is 0 Å². The molecule has 0 spiro atoms. The third-order valence-corrected chi connectivity index (χ3v) is 3.64. The molecule has 0 heterocycles. The predicted molar refractivity (Wildman–Crippen MR) is 88.0 cm³/mol. The Hall–Kier alpha value is -1.62. The Bertz CT molecular complexity index is 472. The van der Waals surface area contributed by atoms with Crippen LogP contribution in [0.25, 0.3) is 0 Å². The van der Waals surface area contributed by atoms with Crippen molar-refractivity contribution in [2.24, 2.45) is 0 Å². The van der Waals surface area contributed by atoms with Gasteiger partial charge in [-0.3, -0.25) is 4.79 Å². The fourth-order valence-electron chi connectivity index (χ4n) is 1.87. The maximum atomic E-state index is 12.0. The summed E-state index contributed by atoms with van der Waals surface area (Å²) in [5.74, 6) is 0.0893. The molecule has 1 rings (SSSR count). The Morgan fingerprint density at radius 1 is 1.25 bits per heavy atom. The minimum absolute atomic E-state index is 0.0893. The van der Waals surface area contributed by atoms with Gasteiger partial charge in [-0.15, -0.1) is 0 Å². The minimum atomic E-state index is 0.0893. The van der Waals surface area contributed by atoms with Crippen LogP contribution in [-0.2, 0) is 4.79 Å². The molecule has 1 aromatic carbocycles. The summed E-state index contributed by atoms with van der Waals surface area (Å²) in [6.45, 7) is 7.71. The lowest BCUT2D eigenvalue weighted by Crippen LogP contribution is -2.42. The normalized spacial score (nSPS) is 10.0. The van der Waals surface area contributed by atoms with E-state index in [1.807, 2.05) is 52.1 Å². The van der Waals surface area contributed by atoms with E-state index in [2.05, 4.69) is 5.32 Å². The van der Waals surface area contributed by atoms with E-state index in [0.717, 1.165) is 24.3 Å². The number of rotatable bonds is 5. The van der Waals surface area contributed by atoms with Crippen molar-refractivity contribution >= 4 is 28.9 Å². The van der Waals surface area contributed by atoms with E-state index in [1.54, 1.807) is 9.80 Å². The predicted octanol–water partition coefficient (Wildman–Crippen LogP) is 2.49. The van der Waals surface area contributed by atoms with Crippen LogP contribution in [-0.4, -0.2) is 47.5 Å². The molecule has 1 N–H and O–H groups in total. The topological polar surface area (TPSA) is 35.6 Å². The maximum Gasteiger partial charge on any atom is 0.242 e. The van der Waals surface area contributed by atoms with Gasteiger partial charge < -0.3 is 15.1 Å². The highest BCUT2D eigenvalue weighted by Crippen LogP contribution is 2.13. The Morgan fingerprint density at radius 2 is 1.85 bits per heavy atom. The molecule has 0 atom stereocenters. The van der Waals surface area contributed by atoms with Gasteiger partial charge in [-0.25, -0.2) is 0 Å². The highest BCUT2D eigenvalue weighted by molar-refractivity contribution is 7.80. The summed E-state index contributed by atoms with van der Waals surface area (Å²) in [5, 5.41) is 3.73. The van der Waals surface area contributed by atoms with E-state index in [1.165, 1.54) is 0 Å². The highest BCUT2D eigenvalue weighted by atomic mass is 32.1. The third kappa shape index (κ3) is 4.49. The van der Waals surface area contributed by atoms with E-state index >= 15 is 0 Å². The molecule has 0 fully saturated rings. The van der Waals surface area contributed by atoms with E-state index < -0.39 is 0 Å². The molecule has 1 amide bonds. The largest absolute Gasteiger partial charge is 0.343 e. The molecule has 5 heteroatoms. The third-order valence-electron chi connectivity index (χ3n) is 3.22. The Labute approximate surface area is 126 Å². The average Bonchev–Trinajstić information content (AvgIpc) is 2.42. The van der Waals surface area contributed by atoms with Gasteiger partial charge in [0.1, 0.15) is 0 Å². The highest BCUT2D eigenvalue weighted by Gasteiger charge is 2.14. The number of para-hydroxylation sites is 1. The number of anilines is 1. The van der Waals surface area contributed by atoms with Crippen LogP contribution in [0.2, 0.25) is 0 Å². The molecule has 20 heavy (non-hydrogen) atoms. The van der Waals surface area contributed by atoms with Gasteiger partial charge in [-0.2, -0.15) is 0 Å². The second kappa shape index (κ2) is 7.85. The fraction of sp³-hybridized carbons (Fsp3) is 0.467. The zero-order chi connectivity index (χ0) is 15.1. The van der Waals surface area contributed by atoms with Crippen LogP contribution in [0.15, 0.2) is 24.3 Å². The Morgan fingerprint density at radius 3 is 2.40 bits per heavy atom. The number of hydrogen-bond acceptors (Lipinski definition) is 2. The number of aryl methyl sites for hydroxylation is 1. The summed E-state index contributed by atoms with van der Waals surface area (Å²) in [7, 11) is 1.83. The van der Waals surface area contributed by atoms with Gasteiger partial charge in [-0.05, 0) is 44.6 Å². The monoisotopic (exact) mass is 293 g/mol. The van der Waals surface area contributed by atoms with E-state index in [4.69, 9.17) is 12.2 Å². The lowest BCUT2D eigenvalue weighted by atomic mass is 10.2. The fourth-order valence-corrected chi connectivity index (χ4v) is 2.05. The summed E-state index contributed by atoms with van der Waals surface area (Å²) in [6.07, 6.45) is 0. The Kier molecular flexibility index (Phi) is 6.45. The maximum absolute atomic E-state index is 12.0. The van der Waals surface area contributed by atoms with Crippen LogP contribution in [0.1, 0.15) is 19.4 Å². The van der Waals surface area contributed by atoms with E-state index in [0.29, 0.717) is 11.7 Å². The van der Waals surface area contributed by atoms with Crippen molar-refractivity contribution in [2.45, 2.75) is 20.8 Å². The average molecular weight is 293 g/mol. The van der Waals surface area contributed by atoms with Crippen molar-refractivity contribution < 1.29 is 4.79 Å². The van der Waals surface area contributed by atoms with Crippen LogP contribution in [0.3, 0.4) is 0 Å². The van der Waals surface area contributed by atoms with Crippen molar-refractivity contribution in [3.05, 3.63) is 29.8 Å². The van der Waals surface area contributed by atoms with Crippen molar-refractivity contribution in [3.8, 4) is 0 Å². The summed E-state index contributed by atoms with van der Waals surface area (Å²) >= 11 is 5.34. The van der Waals surface area contributed by atoms with Gasteiger partial charge in [0.15, 0.2) is 5.11 Å². The molecular formula is C15H23N3OS. The number of benzene rings is 1. The number of carbonyl (C=O) groups excluding carboxylic acids is 1. The lowest BCUT2D eigenvalue weighted by Gasteiger charge is -2.25. The molecule has 4 nitrogen and oxygen atoms in total. The number of hydrogen-bond donors (Lipinski definition) is 1. The van der Waals surface area contributed by atoms with Crippen LogP contribution >= 0.6 is 12.2 Å². The van der Waals surface area contributed by atoms with Gasteiger partial charge in [0.25, 0.3) is 0 Å². The number of thiocarbonyl (C=S) groups is 1. The summed E-state index contributed by atoms with van der Waals surface area (Å²) in [4.78, 5) is 15.6. The van der Waals surface area contributed by atoms with Gasteiger partial charge in [0.05, 0.1) is 6.54 Å². The number of nitrogens with zero attached hydrogens (tertiary/aromatic N) is 2. The van der Waals surface area contributed by atoms with Crippen LogP contribution in [0.4, 0.5) is 5.69 Å². The SMILES string of the molecule is CCN(CC)C(=O)CN(C)C(=S)Nc1ccccc1C. The first-order valence-corrected chi connectivity index (χ1v) is 7.25. The summed E-state index contributed by atoms with van der Waals surface area (Å²) in [6, 6.07) is 7.93. The first-order valence-electron chi connectivity index (χ1n) is 6.85. The first kappa shape index (κ1) is 16.4. The molecule has 0 aliphatic heterocycles. The van der Waals surface area contributed by atoms with Crippen LogP contribution in [0.5, 0.6) is 0 Å². The van der Waals surface area contributed by atoms with Gasteiger partial charge in [0, 0.05) is 25.8 Å². The molecule has 0 aliphatic carbocycles. The standard InChI is InChI=1S/C15H23N3OS/c1-5-18(6-2)14(19)11-17(4)15(20)16-13-10-8-7-9-12(13)3/h7-10H,5-6,11H2,1-4H3,(H,16,20). The lowest BCUT2D eigenvalue weighted by molar-refractivity contribution is -0.130. The number of amides is 1. The van der Waals surface area contributed by atoms with Crippen LogP contribution in [0, 0.1) is 6.92 Å². The minimum Gasteiger partial charge on any atom is -0.343 e. The molecule has 1 aromatic rings. The van der Waals surface area contributed by atoms with Gasteiger partial charge >= 0.3 is 0 Å². The van der Waals surface area contributed by atoms with E-state index in [-0.39, 0.29) is 5.91 Å².